The van der Waals surface area contributed by atoms with Crippen LogP contribution < -0.4 is 5.56 Å². The first-order valence-corrected chi connectivity index (χ1v) is 11.2. The number of hydrogen-bond acceptors (Lipinski definition) is 3. The van der Waals surface area contributed by atoms with Crippen LogP contribution in [0.3, 0.4) is 0 Å². The van der Waals surface area contributed by atoms with Gasteiger partial charge in [0, 0.05) is 39.7 Å². The summed E-state index contributed by atoms with van der Waals surface area (Å²) in [6.07, 6.45) is 7.46. The van der Waals surface area contributed by atoms with Gasteiger partial charge in [0.15, 0.2) is 0 Å². The van der Waals surface area contributed by atoms with E-state index in [1.165, 1.54) is 0 Å². The minimum Gasteiger partial charge on any atom is -0.275 e. The van der Waals surface area contributed by atoms with E-state index in [1.54, 1.807) is 22.9 Å². The van der Waals surface area contributed by atoms with Crippen LogP contribution in [0.15, 0.2) is 96.6 Å². The number of allylic oxidation sites excluding steroid dienone is 1. The number of aromatic nitrogens is 3. The van der Waals surface area contributed by atoms with Crippen molar-refractivity contribution in [1.82, 2.24) is 14.4 Å². The Kier molecular flexibility index (Phi) is 4.59. The Hall–Kier alpha value is -4.57. The van der Waals surface area contributed by atoms with Crippen molar-refractivity contribution in [2.24, 2.45) is 0 Å². The summed E-state index contributed by atoms with van der Waals surface area (Å²) in [5.74, 6) is 0. The summed E-state index contributed by atoms with van der Waals surface area (Å²) in [6.45, 7) is 6.11. The molecule has 34 heavy (non-hydrogen) atoms. The third-order valence-corrected chi connectivity index (χ3v) is 6.38. The summed E-state index contributed by atoms with van der Waals surface area (Å²) in [4.78, 5) is 22.8. The number of nitrogens with zero attached hydrogens (tertiary/aromatic N) is 3. The molecular formula is C30H21N3O. The number of hydrogen-bond donors (Lipinski definition) is 0. The first-order chi connectivity index (χ1) is 16.7. The lowest BCUT2D eigenvalue weighted by Crippen LogP contribution is -2.14. The molecule has 6 rings (SSSR count). The maximum absolute atomic E-state index is 13.7. The summed E-state index contributed by atoms with van der Waals surface area (Å²) in [5, 5.41) is 3.63. The van der Waals surface area contributed by atoms with E-state index < -0.39 is 0 Å². The molecule has 4 heterocycles. The molecule has 0 saturated carbocycles. The summed E-state index contributed by atoms with van der Waals surface area (Å²) < 4.78 is 1.81. The summed E-state index contributed by atoms with van der Waals surface area (Å²) >= 11 is 0. The van der Waals surface area contributed by atoms with Crippen molar-refractivity contribution in [2.45, 2.75) is 6.92 Å². The fraction of sp³-hybridized carbons (Fsp3) is 0.0333. The highest BCUT2D eigenvalue weighted by Crippen LogP contribution is 2.38. The Morgan fingerprint density at radius 3 is 2.26 bits per heavy atom. The predicted molar refractivity (Wildman–Crippen MR) is 141 cm³/mol. The van der Waals surface area contributed by atoms with E-state index in [0.717, 1.165) is 55.5 Å². The summed E-state index contributed by atoms with van der Waals surface area (Å²) in [6, 6.07) is 23.8. The van der Waals surface area contributed by atoms with Gasteiger partial charge in [0.25, 0.3) is 5.56 Å². The molecule has 0 N–H and O–H groups in total. The molecule has 0 amide bonds. The van der Waals surface area contributed by atoms with Crippen LogP contribution in [0.1, 0.15) is 23.9 Å². The van der Waals surface area contributed by atoms with Gasteiger partial charge in [-0.25, -0.2) is 0 Å². The van der Waals surface area contributed by atoms with Crippen LogP contribution in [0, 0.1) is 0 Å². The zero-order valence-corrected chi connectivity index (χ0v) is 18.7. The van der Waals surface area contributed by atoms with Crippen molar-refractivity contribution < 1.29 is 0 Å². The number of benzene rings is 2. The lowest BCUT2D eigenvalue weighted by molar-refractivity contribution is 1.13. The van der Waals surface area contributed by atoms with Crippen LogP contribution in [-0.4, -0.2) is 14.4 Å². The van der Waals surface area contributed by atoms with Crippen molar-refractivity contribution in [1.29, 1.82) is 0 Å². The molecule has 0 aliphatic carbocycles. The van der Waals surface area contributed by atoms with Crippen molar-refractivity contribution in [3.63, 3.8) is 0 Å². The lowest BCUT2D eigenvalue weighted by atomic mass is 9.98. The van der Waals surface area contributed by atoms with Crippen LogP contribution in [0.5, 0.6) is 0 Å². The summed E-state index contributed by atoms with van der Waals surface area (Å²) in [5.41, 5.74) is 6.39. The lowest BCUT2D eigenvalue weighted by Gasteiger charge is -2.09. The van der Waals surface area contributed by atoms with Gasteiger partial charge in [-0.15, -0.1) is 0 Å². The van der Waals surface area contributed by atoms with Gasteiger partial charge in [0.05, 0.1) is 22.6 Å². The van der Waals surface area contributed by atoms with Gasteiger partial charge in [-0.2, -0.15) is 0 Å². The Morgan fingerprint density at radius 2 is 1.56 bits per heavy atom. The molecule has 0 spiro atoms. The second-order valence-electron chi connectivity index (χ2n) is 8.37. The van der Waals surface area contributed by atoms with Crippen LogP contribution >= 0.6 is 0 Å². The highest BCUT2D eigenvalue weighted by molar-refractivity contribution is 6.16. The second-order valence-corrected chi connectivity index (χ2v) is 8.37. The maximum atomic E-state index is 13.7. The minimum atomic E-state index is -0.0382. The van der Waals surface area contributed by atoms with Crippen LogP contribution in [0.4, 0.5) is 0 Å². The topological polar surface area (TPSA) is 47.3 Å². The standard InChI is InChI=1S/C30H21N3O/c1-3-28-23(16-19(2)26-12-6-8-14-31-26)25-18-20(27-13-7-9-15-32-27)17-24-21-10-4-5-11-22(21)30(34)33(28)29(24)25/h3-18H,1H2,2H3/b19-16+. The van der Waals surface area contributed by atoms with Crippen molar-refractivity contribution in [3.05, 3.63) is 119 Å². The van der Waals surface area contributed by atoms with Gasteiger partial charge in [-0.1, -0.05) is 36.9 Å². The summed E-state index contributed by atoms with van der Waals surface area (Å²) in [7, 11) is 0. The van der Waals surface area contributed by atoms with Gasteiger partial charge in [0.1, 0.15) is 0 Å². The van der Waals surface area contributed by atoms with Crippen LogP contribution in [-0.2, 0) is 0 Å². The molecule has 0 bridgehead atoms. The fourth-order valence-electron chi connectivity index (χ4n) is 4.82. The monoisotopic (exact) mass is 439 g/mol. The number of pyridine rings is 3. The van der Waals surface area contributed by atoms with Gasteiger partial charge >= 0.3 is 0 Å². The van der Waals surface area contributed by atoms with Crippen LogP contribution in [0.2, 0.25) is 0 Å². The van der Waals surface area contributed by atoms with E-state index in [0.29, 0.717) is 5.39 Å². The molecule has 0 saturated heterocycles. The van der Waals surface area contributed by atoms with Crippen molar-refractivity contribution in [2.75, 3.05) is 0 Å². The van der Waals surface area contributed by atoms with E-state index in [4.69, 9.17) is 0 Å². The first kappa shape index (κ1) is 20.1. The molecule has 0 atom stereocenters. The first-order valence-electron chi connectivity index (χ1n) is 11.2. The Labute approximate surface area is 196 Å². The average molecular weight is 440 g/mol. The van der Waals surface area contributed by atoms with Crippen LogP contribution in [0.25, 0.3) is 56.0 Å². The molecule has 0 unspecified atom stereocenters. The van der Waals surface area contributed by atoms with Gasteiger partial charge < -0.3 is 0 Å². The van der Waals surface area contributed by atoms with E-state index in [2.05, 4.69) is 34.8 Å². The molecule has 4 heteroatoms. The highest BCUT2D eigenvalue weighted by Gasteiger charge is 2.21. The Bertz CT molecular complexity index is 1780. The fourth-order valence-corrected chi connectivity index (χ4v) is 4.82. The molecule has 4 aromatic heterocycles. The molecule has 0 fully saturated rings. The van der Waals surface area contributed by atoms with Crippen molar-refractivity contribution in [3.8, 4) is 11.3 Å². The number of fused-ring (bicyclic) bond motifs is 2. The smallest absolute Gasteiger partial charge is 0.263 e. The zero-order chi connectivity index (χ0) is 23.2. The molecule has 4 nitrogen and oxygen atoms in total. The maximum Gasteiger partial charge on any atom is 0.263 e. The third kappa shape index (κ3) is 2.96. The minimum absolute atomic E-state index is 0.0382. The largest absolute Gasteiger partial charge is 0.275 e. The molecule has 0 aliphatic heterocycles. The normalized spacial score (nSPS) is 12.1. The van der Waals surface area contributed by atoms with Gasteiger partial charge in [-0.05, 0) is 72.5 Å². The van der Waals surface area contributed by atoms with Gasteiger partial charge in [-0.3, -0.25) is 19.2 Å². The number of rotatable bonds is 4. The highest BCUT2D eigenvalue weighted by atomic mass is 16.1. The Morgan fingerprint density at radius 1 is 0.853 bits per heavy atom. The molecule has 0 radical (unpaired) electrons. The Balaban J connectivity index is 1.81. The second kappa shape index (κ2) is 7.78. The molecule has 0 aliphatic rings. The van der Waals surface area contributed by atoms with E-state index in [1.807, 2.05) is 67.6 Å². The predicted octanol–water partition coefficient (Wildman–Crippen LogP) is 6.70. The van der Waals surface area contributed by atoms with E-state index in [9.17, 15) is 4.79 Å². The SMILES string of the molecule is C=Cc1c(/C=C(\C)c2ccccn2)c2cc(-c3ccccn3)cc3c4ccccc4c(=O)n1c23. The van der Waals surface area contributed by atoms with Gasteiger partial charge in [0.2, 0.25) is 0 Å². The molecular weight excluding hydrogens is 418 g/mol. The van der Waals surface area contributed by atoms with E-state index in [-0.39, 0.29) is 5.56 Å². The van der Waals surface area contributed by atoms with E-state index >= 15 is 0 Å². The zero-order valence-electron chi connectivity index (χ0n) is 18.7. The molecule has 2 aromatic carbocycles. The quantitative estimate of drug-likeness (QED) is 0.287. The molecule has 162 valence electrons. The average Bonchev–Trinajstić information content (AvgIpc) is 3.21. The van der Waals surface area contributed by atoms with Crippen molar-refractivity contribution >= 4 is 44.8 Å². The molecule has 6 aromatic rings. The third-order valence-electron chi connectivity index (χ3n) is 6.38.